The predicted molar refractivity (Wildman–Crippen MR) is 90.7 cm³/mol. The molecule has 0 aliphatic heterocycles. The van der Waals surface area contributed by atoms with Gasteiger partial charge in [-0.25, -0.2) is 0 Å². The molecule has 3 N–H and O–H groups in total. The van der Waals surface area contributed by atoms with Gasteiger partial charge in [-0.1, -0.05) is 38.9 Å². The minimum Gasteiger partial charge on any atom is -0.497 e. The number of ether oxygens (including phenoxy) is 1. The van der Waals surface area contributed by atoms with Crippen LogP contribution >= 0.6 is 12.2 Å². The second-order valence-corrected chi connectivity index (χ2v) is 6.09. The Bertz CT molecular complexity index is 446. The lowest BCUT2D eigenvalue weighted by atomic mass is 10.0. The van der Waals surface area contributed by atoms with Crippen LogP contribution in [0.5, 0.6) is 5.75 Å². The Hall–Kier alpha value is -1.29. The summed E-state index contributed by atoms with van der Waals surface area (Å²) in [6.45, 7) is 6.69. The number of hydrogen-bond acceptors (Lipinski definition) is 3. The Balaban J connectivity index is 2.71. The van der Waals surface area contributed by atoms with Gasteiger partial charge in [0.05, 0.1) is 7.11 Å². The smallest absolute Gasteiger partial charge is 0.120 e. The van der Waals surface area contributed by atoms with E-state index < -0.39 is 0 Å². The first-order valence-electron chi connectivity index (χ1n) is 7.18. The van der Waals surface area contributed by atoms with Crippen molar-refractivity contribution in [1.29, 1.82) is 0 Å². The second-order valence-electron chi connectivity index (χ2n) is 5.65. The number of thiocarbonyl (C=S) groups is 1. The molecule has 0 radical (unpaired) electrons. The quantitative estimate of drug-likeness (QED) is 0.713. The van der Waals surface area contributed by atoms with E-state index in [4.69, 9.17) is 22.7 Å². The van der Waals surface area contributed by atoms with Crippen LogP contribution in [0.15, 0.2) is 18.2 Å². The maximum Gasteiger partial charge on any atom is 0.120 e. The summed E-state index contributed by atoms with van der Waals surface area (Å²) in [5, 5.41) is 3.49. The first-order chi connectivity index (χ1) is 9.43. The summed E-state index contributed by atoms with van der Waals surface area (Å²) < 4.78 is 5.26. The fourth-order valence-corrected chi connectivity index (χ4v) is 2.33. The summed E-state index contributed by atoms with van der Waals surface area (Å²) in [6.07, 6.45) is 3.61. The summed E-state index contributed by atoms with van der Waals surface area (Å²) in [5.74, 6) is 1.56. The van der Waals surface area contributed by atoms with Crippen molar-refractivity contribution >= 4 is 22.9 Å². The van der Waals surface area contributed by atoms with Crippen molar-refractivity contribution in [3.05, 3.63) is 23.8 Å². The zero-order valence-electron chi connectivity index (χ0n) is 12.9. The third kappa shape index (κ3) is 5.37. The van der Waals surface area contributed by atoms with Gasteiger partial charge >= 0.3 is 0 Å². The highest BCUT2D eigenvalue weighted by molar-refractivity contribution is 7.80. The molecule has 0 aliphatic carbocycles. The van der Waals surface area contributed by atoms with Crippen LogP contribution in [0.3, 0.4) is 0 Å². The van der Waals surface area contributed by atoms with E-state index in [9.17, 15) is 0 Å². The van der Waals surface area contributed by atoms with Gasteiger partial charge < -0.3 is 15.8 Å². The van der Waals surface area contributed by atoms with Gasteiger partial charge in [-0.2, -0.15) is 0 Å². The Morgan fingerprint density at radius 3 is 2.55 bits per heavy atom. The highest BCUT2D eigenvalue weighted by Crippen LogP contribution is 2.24. The van der Waals surface area contributed by atoms with Crippen LogP contribution in [0, 0.1) is 5.92 Å². The van der Waals surface area contributed by atoms with Crippen LogP contribution in [-0.4, -0.2) is 18.1 Å². The number of benzene rings is 1. The number of anilines is 1. The fraction of sp³-hybridized carbons (Fsp3) is 0.562. The van der Waals surface area contributed by atoms with Crippen LogP contribution in [-0.2, 0) is 0 Å². The molecule has 0 aliphatic rings. The maximum atomic E-state index is 5.77. The lowest BCUT2D eigenvalue weighted by molar-refractivity contribution is 0.415. The van der Waals surface area contributed by atoms with Gasteiger partial charge in [0.25, 0.3) is 0 Å². The van der Waals surface area contributed by atoms with E-state index in [0.29, 0.717) is 11.0 Å². The van der Waals surface area contributed by atoms with Crippen molar-refractivity contribution in [2.24, 2.45) is 11.7 Å². The molecule has 0 heterocycles. The van der Waals surface area contributed by atoms with Gasteiger partial charge in [0, 0.05) is 23.4 Å². The van der Waals surface area contributed by atoms with Gasteiger partial charge in [0.15, 0.2) is 0 Å². The molecule has 0 saturated carbocycles. The minimum absolute atomic E-state index is 0.383. The van der Waals surface area contributed by atoms with Gasteiger partial charge in [-0.05, 0) is 31.4 Å². The minimum atomic E-state index is 0.383. The fourth-order valence-electron chi connectivity index (χ4n) is 2.15. The Labute approximate surface area is 127 Å². The van der Waals surface area contributed by atoms with Gasteiger partial charge in [-0.15, -0.1) is 0 Å². The number of nitrogens with one attached hydrogen (secondary N) is 1. The van der Waals surface area contributed by atoms with Crippen molar-refractivity contribution in [3.63, 3.8) is 0 Å². The molecule has 20 heavy (non-hydrogen) atoms. The van der Waals surface area contributed by atoms with Crippen LogP contribution in [0.25, 0.3) is 0 Å². The van der Waals surface area contributed by atoms with Crippen molar-refractivity contribution in [3.8, 4) is 5.75 Å². The average Bonchev–Trinajstić information content (AvgIpc) is 2.37. The van der Waals surface area contributed by atoms with Crippen LogP contribution in [0.1, 0.15) is 45.6 Å². The molecule has 1 unspecified atom stereocenters. The van der Waals surface area contributed by atoms with Gasteiger partial charge in [0.1, 0.15) is 10.7 Å². The van der Waals surface area contributed by atoms with Crippen molar-refractivity contribution in [2.75, 3.05) is 12.4 Å². The van der Waals surface area contributed by atoms with Crippen LogP contribution < -0.4 is 15.8 Å². The molecular weight excluding hydrogens is 268 g/mol. The average molecular weight is 294 g/mol. The van der Waals surface area contributed by atoms with Crippen molar-refractivity contribution in [1.82, 2.24) is 0 Å². The Morgan fingerprint density at radius 1 is 1.30 bits per heavy atom. The summed E-state index contributed by atoms with van der Waals surface area (Å²) in [4.78, 5) is 0.407. The molecule has 1 rings (SSSR count). The highest BCUT2D eigenvalue weighted by atomic mass is 32.1. The topological polar surface area (TPSA) is 47.3 Å². The molecule has 112 valence electrons. The predicted octanol–water partition coefficient (Wildman–Crippen LogP) is 3.96. The van der Waals surface area contributed by atoms with E-state index >= 15 is 0 Å². The SMILES string of the molecule is COc1ccc(C(N)=S)c(NC(C)CCCC(C)C)c1. The van der Waals surface area contributed by atoms with Gasteiger partial charge in [-0.3, -0.25) is 0 Å². The monoisotopic (exact) mass is 294 g/mol. The normalized spacial score (nSPS) is 12.2. The molecular formula is C16H26N2OS. The van der Waals surface area contributed by atoms with E-state index in [-0.39, 0.29) is 0 Å². The molecule has 1 aromatic carbocycles. The van der Waals surface area contributed by atoms with E-state index in [1.165, 1.54) is 12.8 Å². The molecule has 4 heteroatoms. The molecule has 1 aromatic rings. The highest BCUT2D eigenvalue weighted by Gasteiger charge is 2.10. The zero-order chi connectivity index (χ0) is 15.1. The lowest BCUT2D eigenvalue weighted by Crippen LogP contribution is -2.19. The molecule has 3 nitrogen and oxygen atoms in total. The van der Waals surface area contributed by atoms with Crippen LogP contribution in [0.2, 0.25) is 0 Å². The van der Waals surface area contributed by atoms with E-state index in [1.807, 2.05) is 18.2 Å². The Kier molecular flexibility index (Phi) is 6.79. The molecule has 1 atom stereocenters. The summed E-state index contributed by atoms with van der Waals surface area (Å²) in [5.41, 5.74) is 7.60. The molecule has 0 fully saturated rings. The molecule has 0 spiro atoms. The van der Waals surface area contributed by atoms with Crippen molar-refractivity contribution < 1.29 is 4.74 Å². The van der Waals surface area contributed by atoms with E-state index in [2.05, 4.69) is 26.1 Å². The standard InChI is InChI=1S/C16H26N2OS/c1-11(2)6-5-7-12(3)18-15-10-13(19-4)8-9-14(15)16(17)20/h8-12,18H,5-7H2,1-4H3,(H2,17,20). The van der Waals surface area contributed by atoms with E-state index in [0.717, 1.165) is 29.3 Å². The van der Waals surface area contributed by atoms with Crippen molar-refractivity contribution in [2.45, 2.75) is 46.1 Å². The molecule has 0 saturated heterocycles. The second kappa shape index (κ2) is 8.10. The third-order valence-corrected chi connectivity index (χ3v) is 3.53. The first-order valence-corrected chi connectivity index (χ1v) is 7.59. The number of methoxy groups -OCH3 is 1. The number of nitrogens with two attached hydrogens (primary N) is 1. The summed E-state index contributed by atoms with van der Waals surface area (Å²) in [7, 11) is 1.66. The van der Waals surface area contributed by atoms with Gasteiger partial charge in [0.2, 0.25) is 0 Å². The molecule has 0 aromatic heterocycles. The van der Waals surface area contributed by atoms with E-state index in [1.54, 1.807) is 7.11 Å². The van der Waals surface area contributed by atoms with Crippen LogP contribution in [0.4, 0.5) is 5.69 Å². The Morgan fingerprint density at radius 2 is 2.00 bits per heavy atom. The molecule has 0 amide bonds. The number of hydrogen-bond donors (Lipinski definition) is 2. The summed E-state index contributed by atoms with van der Waals surface area (Å²) >= 11 is 5.10. The maximum absolute atomic E-state index is 5.77. The first kappa shape index (κ1) is 16.8. The molecule has 0 bridgehead atoms. The largest absolute Gasteiger partial charge is 0.497 e. The third-order valence-electron chi connectivity index (χ3n) is 3.31. The summed E-state index contributed by atoms with van der Waals surface area (Å²) in [6, 6.07) is 6.12. The zero-order valence-corrected chi connectivity index (χ0v) is 13.7. The number of rotatable bonds is 8. The lowest BCUT2D eigenvalue weighted by Gasteiger charge is -2.19.